The van der Waals surface area contributed by atoms with Gasteiger partial charge in [-0.15, -0.1) is 0 Å². The standard InChI is InChI=1S/C9H9F2N5/c1-6-2-7(15-3-9(10,11)4-15)16-8(14-6)12-5-13-16/h2,5H,3-4H2,1H3. The summed E-state index contributed by atoms with van der Waals surface area (Å²) in [5.74, 6) is -1.54. The monoisotopic (exact) mass is 225 g/mol. The van der Waals surface area contributed by atoms with Crippen LogP contribution in [0.3, 0.4) is 0 Å². The molecule has 1 aliphatic rings. The molecule has 5 nitrogen and oxygen atoms in total. The van der Waals surface area contributed by atoms with E-state index in [1.807, 2.05) is 0 Å². The highest BCUT2D eigenvalue weighted by Gasteiger charge is 2.44. The Labute approximate surface area is 89.7 Å². The fraction of sp³-hybridized carbons (Fsp3) is 0.444. The number of anilines is 1. The van der Waals surface area contributed by atoms with Crippen LogP contribution in [-0.2, 0) is 0 Å². The highest BCUT2D eigenvalue weighted by molar-refractivity contribution is 5.49. The van der Waals surface area contributed by atoms with Crippen LogP contribution in [-0.4, -0.2) is 38.6 Å². The van der Waals surface area contributed by atoms with E-state index in [0.717, 1.165) is 5.69 Å². The average Bonchev–Trinajstić information content (AvgIpc) is 2.60. The second-order valence-corrected chi connectivity index (χ2v) is 3.94. The minimum atomic E-state index is -2.59. The summed E-state index contributed by atoms with van der Waals surface area (Å²) in [6.07, 6.45) is 1.36. The zero-order chi connectivity index (χ0) is 11.3. The maximum Gasteiger partial charge on any atom is 0.282 e. The number of aromatic nitrogens is 4. The van der Waals surface area contributed by atoms with Crippen LogP contribution in [0, 0.1) is 6.92 Å². The molecule has 0 N–H and O–H groups in total. The summed E-state index contributed by atoms with van der Waals surface area (Å²) >= 11 is 0. The van der Waals surface area contributed by atoms with E-state index in [4.69, 9.17) is 0 Å². The molecule has 2 aromatic heterocycles. The molecule has 0 atom stereocenters. The lowest BCUT2D eigenvalue weighted by atomic mass is 10.1. The normalized spacial score (nSPS) is 18.8. The minimum Gasteiger partial charge on any atom is -0.344 e. The number of aryl methyl sites for hydroxylation is 1. The Hall–Kier alpha value is -1.79. The lowest BCUT2D eigenvalue weighted by Gasteiger charge is -2.40. The van der Waals surface area contributed by atoms with E-state index in [1.165, 1.54) is 10.8 Å². The van der Waals surface area contributed by atoms with Gasteiger partial charge in [-0.05, 0) is 6.92 Å². The van der Waals surface area contributed by atoms with Gasteiger partial charge in [0.15, 0.2) is 0 Å². The summed E-state index contributed by atoms with van der Waals surface area (Å²) in [6, 6.07) is 1.73. The van der Waals surface area contributed by atoms with Crippen molar-refractivity contribution < 1.29 is 8.78 Å². The van der Waals surface area contributed by atoms with E-state index in [2.05, 4.69) is 15.1 Å². The Bertz CT molecular complexity index is 542. The Balaban J connectivity index is 2.06. The van der Waals surface area contributed by atoms with Gasteiger partial charge in [-0.1, -0.05) is 0 Å². The van der Waals surface area contributed by atoms with Crippen LogP contribution in [0.2, 0.25) is 0 Å². The molecule has 1 fully saturated rings. The van der Waals surface area contributed by atoms with Crippen LogP contribution in [0.25, 0.3) is 5.78 Å². The third kappa shape index (κ3) is 1.31. The maximum absolute atomic E-state index is 12.8. The van der Waals surface area contributed by atoms with Gasteiger partial charge < -0.3 is 4.90 Å². The molecule has 0 amide bonds. The molecule has 16 heavy (non-hydrogen) atoms. The minimum absolute atomic E-state index is 0.272. The van der Waals surface area contributed by atoms with E-state index in [1.54, 1.807) is 17.9 Å². The van der Waals surface area contributed by atoms with Gasteiger partial charge in [0, 0.05) is 11.8 Å². The number of nitrogens with zero attached hydrogens (tertiary/aromatic N) is 5. The van der Waals surface area contributed by atoms with E-state index < -0.39 is 5.92 Å². The molecule has 7 heteroatoms. The Morgan fingerprint density at radius 1 is 1.38 bits per heavy atom. The van der Waals surface area contributed by atoms with Crippen molar-refractivity contribution >= 4 is 11.6 Å². The molecule has 1 aliphatic heterocycles. The third-order valence-corrected chi connectivity index (χ3v) is 2.53. The van der Waals surface area contributed by atoms with E-state index >= 15 is 0 Å². The Kier molecular flexibility index (Phi) is 1.69. The highest BCUT2D eigenvalue weighted by Crippen LogP contribution is 2.31. The summed E-state index contributed by atoms with van der Waals surface area (Å²) < 4.78 is 27.1. The van der Waals surface area contributed by atoms with Gasteiger partial charge in [0.25, 0.3) is 11.7 Å². The molecule has 1 saturated heterocycles. The number of halogens is 2. The van der Waals surface area contributed by atoms with E-state index in [9.17, 15) is 8.78 Å². The molecule has 2 aromatic rings. The Morgan fingerprint density at radius 3 is 2.81 bits per heavy atom. The predicted molar refractivity (Wildman–Crippen MR) is 52.7 cm³/mol. The molecule has 0 spiro atoms. The van der Waals surface area contributed by atoms with Gasteiger partial charge in [0.1, 0.15) is 12.1 Å². The van der Waals surface area contributed by atoms with Crippen molar-refractivity contribution in [3.8, 4) is 0 Å². The second kappa shape index (κ2) is 2.87. The Morgan fingerprint density at radius 2 is 2.12 bits per heavy atom. The molecule has 0 saturated carbocycles. The van der Waals surface area contributed by atoms with Crippen LogP contribution in [0.15, 0.2) is 12.4 Å². The van der Waals surface area contributed by atoms with Gasteiger partial charge in [0.2, 0.25) is 0 Å². The van der Waals surface area contributed by atoms with E-state index in [0.29, 0.717) is 11.6 Å². The molecule has 3 rings (SSSR count). The molecule has 0 radical (unpaired) electrons. The lowest BCUT2D eigenvalue weighted by Crippen LogP contribution is -2.57. The van der Waals surface area contributed by atoms with Crippen molar-refractivity contribution in [3.63, 3.8) is 0 Å². The zero-order valence-corrected chi connectivity index (χ0v) is 8.56. The molecule has 0 bridgehead atoms. The lowest BCUT2D eigenvalue weighted by molar-refractivity contribution is -0.0269. The first kappa shape index (κ1) is 9.44. The highest BCUT2D eigenvalue weighted by atomic mass is 19.3. The van der Waals surface area contributed by atoms with Crippen molar-refractivity contribution in [2.75, 3.05) is 18.0 Å². The van der Waals surface area contributed by atoms with Gasteiger partial charge in [-0.25, -0.2) is 13.8 Å². The van der Waals surface area contributed by atoms with Crippen LogP contribution >= 0.6 is 0 Å². The van der Waals surface area contributed by atoms with Crippen molar-refractivity contribution in [2.24, 2.45) is 0 Å². The fourth-order valence-corrected chi connectivity index (χ4v) is 1.81. The summed E-state index contributed by atoms with van der Waals surface area (Å²) in [5, 5.41) is 3.97. The van der Waals surface area contributed by atoms with E-state index in [-0.39, 0.29) is 13.1 Å². The first-order valence-electron chi connectivity index (χ1n) is 4.85. The summed E-state index contributed by atoms with van der Waals surface area (Å²) in [5.41, 5.74) is 0.741. The SMILES string of the molecule is Cc1cc(N2CC(F)(F)C2)n2ncnc2n1. The molecule has 0 unspecified atom stereocenters. The average molecular weight is 225 g/mol. The molecule has 84 valence electrons. The maximum atomic E-state index is 12.8. The number of alkyl halides is 2. The molecule has 3 heterocycles. The number of hydrogen-bond acceptors (Lipinski definition) is 4. The molecule has 0 aliphatic carbocycles. The summed E-state index contributed by atoms with van der Waals surface area (Å²) in [4.78, 5) is 9.66. The predicted octanol–water partition coefficient (Wildman–Crippen LogP) is 0.888. The van der Waals surface area contributed by atoms with Crippen LogP contribution in [0.5, 0.6) is 0 Å². The van der Waals surface area contributed by atoms with Gasteiger partial charge in [0.05, 0.1) is 13.1 Å². The van der Waals surface area contributed by atoms with Gasteiger partial charge in [-0.3, -0.25) is 0 Å². The van der Waals surface area contributed by atoms with Crippen LogP contribution < -0.4 is 4.90 Å². The number of fused-ring (bicyclic) bond motifs is 1. The van der Waals surface area contributed by atoms with Crippen molar-refractivity contribution in [3.05, 3.63) is 18.1 Å². The van der Waals surface area contributed by atoms with Crippen LogP contribution in [0.4, 0.5) is 14.6 Å². The molecular weight excluding hydrogens is 216 g/mol. The molecular formula is C9H9F2N5. The fourth-order valence-electron chi connectivity index (χ4n) is 1.81. The number of hydrogen-bond donors (Lipinski definition) is 0. The first-order chi connectivity index (χ1) is 7.55. The van der Waals surface area contributed by atoms with Gasteiger partial charge in [-0.2, -0.15) is 14.6 Å². The van der Waals surface area contributed by atoms with Crippen molar-refractivity contribution in [2.45, 2.75) is 12.8 Å². The van der Waals surface area contributed by atoms with Crippen molar-refractivity contribution in [1.82, 2.24) is 19.6 Å². The third-order valence-electron chi connectivity index (χ3n) is 2.53. The second-order valence-electron chi connectivity index (χ2n) is 3.94. The van der Waals surface area contributed by atoms with Crippen molar-refractivity contribution in [1.29, 1.82) is 0 Å². The zero-order valence-electron chi connectivity index (χ0n) is 8.56. The quantitative estimate of drug-likeness (QED) is 0.723. The topological polar surface area (TPSA) is 46.3 Å². The summed E-state index contributed by atoms with van der Waals surface area (Å²) in [7, 11) is 0. The summed E-state index contributed by atoms with van der Waals surface area (Å²) in [6.45, 7) is 1.26. The number of rotatable bonds is 1. The van der Waals surface area contributed by atoms with Gasteiger partial charge >= 0.3 is 0 Å². The largest absolute Gasteiger partial charge is 0.344 e. The first-order valence-corrected chi connectivity index (χ1v) is 4.85. The van der Waals surface area contributed by atoms with Crippen LogP contribution in [0.1, 0.15) is 5.69 Å². The molecule has 0 aromatic carbocycles. The smallest absolute Gasteiger partial charge is 0.282 e.